The smallest absolute Gasteiger partial charge is 0.211 e. The van der Waals surface area contributed by atoms with Crippen molar-refractivity contribution < 1.29 is 8.42 Å². The molecule has 0 aromatic carbocycles. The van der Waals surface area contributed by atoms with Gasteiger partial charge in [-0.2, -0.15) is 0 Å². The minimum Gasteiger partial charge on any atom is -0.330 e. The molecule has 4 nitrogen and oxygen atoms in total. The van der Waals surface area contributed by atoms with E-state index in [2.05, 4.69) is 4.72 Å². The Morgan fingerprint density at radius 2 is 2.19 bits per heavy atom. The molecule has 0 aliphatic carbocycles. The summed E-state index contributed by atoms with van der Waals surface area (Å²) in [4.78, 5) is 1.20. The number of nitrogens with two attached hydrogens (primary N) is 1. The van der Waals surface area contributed by atoms with E-state index in [0.29, 0.717) is 19.5 Å². The van der Waals surface area contributed by atoms with Crippen molar-refractivity contribution in [3.8, 4) is 0 Å². The van der Waals surface area contributed by atoms with Crippen molar-refractivity contribution in [3.05, 3.63) is 22.4 Å². The van der Waals surface area contributed by atoms with Crippen LogP contribution in [0.15, 0.2) is 17.5 Å². The van der Waals surface area contributed by atoms with Crippen LogP contribution in [0.2, 0.25) is 0 Å². The first kappa shape index (κ1) is 13.6. The Morgan fingerprint density at radius 1 is 1.38 bits per heavy atom. The summed E-state index contributed by atoms with van der Waals surface area (Å²) in [5.74, 6) is 0.175. The number of thiophene rings is 1. The van der Waals surface area contributed by atoms with E-state index >= 15 is 0 Å². The van der Waals surface area contributed by atoms with Gasteiger partial charge < -0.3 is 5.73 Å². The number of nitrogens with one attached hydrogen (secondary N) is 1. The summed E-state index contributed by atoms with van der Waals surface area (Å²) in [6.07, 6.45) is 2.14. The van der Waals surface area contributed by atoms with Crippen molar-refractivity contribution in [1.82, 2.24) is 4.72 Å². The summed E-state index contributed by atoms with van der Waals surface area (Å²) >= 11 is 1.64. The lowest BCUT2D eigenvalue weighted by molar-refractivity contribution is 0.577. The van der Waals surface area contributed by atoms with Crippen molar-refractivity contribution in [2.75, 3.05) is 18.8 Å². The second kappa shape index (κ2) is 7.01. The van der Waals surface area contributed by atoms with Gasteiger partial charge in [0, 0.05) is 11.4 Å². The fraction of sp³-hybridized carbons (Fsp3) is 0.600. The Hall–Kier alpha value is -0.430. The van der Waals surface area contributed by atoms with Gasteiger partial charge in [0.2, 0.25) is 10.0 Å². The second-order valence-corrected chi connectivity index (χ2v) is 6.50. The zero-order valence-electron chi connectivity index (χ0n) is 9.19. The molecule has 1 rings (SSSR count). The van der Waals surface area contributed by atoms with E-state index in [1.807, 2.05) is 17.5 Å². The van der Waals surface area contributed by atoms with Gasteiger partial charge in [-0.1, -0.05) is 6.07 Å². The van der Waals surface area contributed by atoms with Gasteiger partial charge in [-0.15, -0.1) is 11.3 Å². The van der Waals surface area contributed by atoms with E-state index in [0.717, 1.165) is 12.8 Å². The zero-order chi connectivity index (χ0) is 11.9. The molecule has 0 unspecified atom stereocenters. The van der Waals surface area contributed by atoms with Crippen LogP contribution >= 0.6 is 11.3 Å². The SMILES string of the molecule is NCCCCS(=O)(=O)NCCc1cccs1. The topological polar surface area (TPSA) is 72.2 Å². The minimum atomic E-state index is -3.11. The highest BCUT2D eigenvalue weighted by Crippen LogP contribution is 2.08. The van der Waals surface area contributed by atoms with Crippen LogP contribution < -0.4 is 10.5 Å². The molecule has 0 radical (unpaired) electrons. The van der Waals surface area contributed by atoms with E-state index in [1.54, 1.807) is 11.3 Å². The standard InChI is InChI=1S/C10H18N2O2S2/c11-6-1-2-9-16(13,14)12-7-5-10-4-3-8-15-10/h3-4,8,12H,1-2,5-7,9,11H2. The monoisotopic (exact) mass is 262 g/mol. The Morgan fingerprint density at radius 3 is 2.81 bits per heavy atom. The van der Waals surface area contributed by atoms with Gasteiger partial charge in [0.25, 0.3) is 0 Å². The predicted octanol–water partition coefficient (Wildman–Crippen LogP) is 0.949. The molecule has 0 bridgehead atoms. The first-order valence-corrected chi connectivity index (χ1v) is 7.87. The summed E-state index contributed by atoms with van der Waals surface area (Å²) in [6, 6.07) is 3.98. The van der Waals surface area contributed by atoms with Gasteiger partial charge in [0.1, 0.15) is 0 Å². The van der Waals surface area contributed by atoms with Gasteiger partial charge in [-0.05, 0) is 37.3 Å². The lowest BCUT2D eigenvalue weighted by Gasteiger charge is -2.05. The molecule has 0 aliphatic heterocycles. The van der Waals surface area contributed by atoms with Crippen LogP contribution in [0, 0.1) is 0 Å². The van der Waals surface area contributed by atoms with E-state index in [-0.39, 0.29) is 5.75 Å². The third-order valence-electron chi connectivity index (χ3n) is 2.14. The number of rotatable bonds is 8. The highest BCUT2D eigenvalue weighted by atomic mass is 32.2. The van der Waals surface area contributed by atoms with Crippen LogP contribution in [0.25, 0.3) is 0 Å². The van der Waals surface area contributed by atoms with E-state index in [9.17, 15) is 8.42 Å². The quantitative estimate of drug-likeness (QED) is 0.685. The molecule has 16 heavy (non-hydrogen) atoms. The Labute approximate surface area is 101 Å². The fourth-order valence-corrected chi connectivity index (χ4v) is 3.14. The number of hydrogen-bond donors (Lipinski definition) is 2. The zero-order valence-corrected chi connectivity index (χ0v) is 10.8. The molecule has 1 heterocycles. The Kier molecular flexibility index (Phi) is 5.97. The van der Waals surface area contributed by atoms with Crippen LogP contribution in [0.5, 0.6) is 0 Å². The summed E-state index contributed by atoms with van der Waals surface area (Å²) in [7, 11) is -3.11. The van der Waals surface area contributed by atoms with Crippen molar-refractivity contribution in [2.24, 2.45) is 5.73 Å². The number of unbranched alkanes of at least 4 members (excludes halogenated alkanes) is 1. The molecule has 0 spiro atoms. The van der Waals surface area contributed by atoms with Crippen LogP contribution in [0.3, 0.4) is 0 Å². The van der Waals surface area contributed by atoms with Gasteiger partial charge >= 0.3 is 0 Å². The van der Waals surface area contributed by atoms with Crippen LogP contribution in [0.4, 0.5) is 0 Å². The first-order chi connectivity index (χ1) is 7.64. The maximum absolute atomic E-state index is 11.5. The van der Waals surface area contributed by atoms with Crippen LogP contribution in [-0.4, -0.2) is 27.3 Å². The highest BCUT2D eigenvalue weighted by molar-refractivity contribution is 7.89. The third-order valence-corrected chi connectivity index (χ3v) is 4.55. The normalized spacial score (nSPS) is 11.8. The van der Waals surface area contributed by atoms with Crippen molar-refractivity contribution >= 4 is 21.4 Å². The number of sulfonamides is 1. The molecule has 0 saturated heterocycles. The molecule has 0 fully saturated rings. The van der Waals surface area contributed by atoms with Gasteiger partial charge in [0.15, 0.2) is 0 Å². The van der Waals surface area contributed by atoms with Gasteiger partial charge in [-0.25, -0.2) is 13.1 Å². The molecule has 0 amide bonds. The molecule has 6 heteroatoms. The van der Waals surface area contributed by atoms with E-state index in [1.165, 1.54) is 4.88 Å². The average molecular weight is 262 g/mol. The third kappa shape index (κ3) is 5.60. The fourth-order valence-electron chi connectivity index (χ4n) is 1.29. The highest BCUT2D eigenvalue weighted by Gasteiger charge is 2.08. The second-order valence-electron chi connectivity index (χ2n) is 3.54. The largest absolute Gasteiger partial charge is 0.330 e. The maximum atomic E-state index is 11.5. The molecule has 1 aromatic rings. The molecular weight excluding hydrogens is 244 g/mol. The van der Waals surface area contributed by atoms with Crippen molar-refractivity contribution in [2.45, 2.75) is 19.3 Å². The summed E-state index contributed by atoms with van der Waals surface area (Å²) in [5, 5.41) is 1.99. The number of hydrogen-bond acceptors (Lipinski definition) is 4. The molecule has 0 saturated carbocycles. The van der Waals surface area contributed by atoms with Crippen molar-refractivity contribution in [1.29, 1.82) is 0 Å². The molecule has 92 valence electrons. The average Bonchev–Trinajstić information content (AvgIpc) is 2.70. The first-order valence-electron chi connectivity index (χ1n) is 5.34. The van der Waals surface area contributed by atoms with Crippen LogP contribution in [-0.2, 0) is 16.4 Å². The van der Waals surface area contributed by atoms with Gasteiger partial charge in [-0.3, -0.25) is 0 Å². The van der Waals surface area contributed by atoms with Crippen molar-refractivity contribution in [3.63, 3.8) is 0 Å². The lowest BCUT2D eigenvalue weighted by atomic mass is 10.3. The van der Waals surface area contributed by atoms with Gasteiger partial charge in [0.05, 0.1) is 5.75 Å². The van der Waals surface area contributed by atoms with Crippen LogP contribution in [0.1, 0.15) is 17.7 Å². The lowest BCUT2D eigenvalue weighted by Crippen LogP contribution is -2.28. The summed E-state index contributed by atoms with van der Waals surface area (Å²) in [6.45, 7) is 1.02. The molecule has 1 aromatic heterocycles. The predicted molar refractivity (Wildman–Crippen MR) is 68.1 cm³/mol. The summed E-state index contributed by atoms with van der Waals surface area (Å²) in [5.41, 5.74) is 5.31. The molecule has 0 aliphatic rings. The molecular formula is C10H18N2O2S2. The minimum absolute atomic E-state index is 0.175. The maximum Gasteiger partial charge on any atom is 0.211 e. The molecule has 3 N–H and O–H groups in total. The van der Waals surface area contributed by atoms with E-state index in [4.69, 9.17) is 5.73 Å². The Balaban J connectivity index is 2.20. The Bertz CT molecular complexity index is 374. The van der Waals surface area contributed by atoms with E-state index < -0.39 is 10.0 Å². The summed E-state index contributed by atoms with van der Waals surface area (Å²) < 4.78 is 25.6. The molecule has 0 atom stereocenters.